The number of carboxylic acids is 1. The van der Waals surface area contributed by atoms with Gasteiger partial charge in [-0.1, -0.05) is 0 Å². The van der Waals surface area contributed by atoms with Crippen molar-refractivity contribution in [2.24, 2.45) is 35.5 Å². The summed E-state index contributed by atoms with van der Waals surface area (Å²) in [7, 11) is 0. The molecular formula is C18H27NO3. The van der Waals surface area contributed by atoms with Crippen LogP contribution in [0, 0.1) is 35.5 Å². The number of nitrogens with one attached hydrogen (secondary N) is 1. The zero-order valence-electron chi connectivity index (χ0n) is 13.2. The van der Waals surface area contributed by atoms with Crippen molar-refractivity contribution in [3.8, 4) is 0 Å². The summed E-state index contributed by atoms with van der Waals surface area (Å²) in [5.41, 5.74) is 0. The molecule has 0 aromatic rings. The summed E-state index contributed by atoms with van der Waals surface area (Å²) in [6.07, 6.45) is 9.60. The minimum atomic E-state index is -0.675. The molecule has 2 N–H and O–H groups in total. The van der Waals surface area contributed by atoms with Crippen LogP contribution >= 0.6 is 0 Å². The Morgan fingerprint density at radius 2 is 1.36 bits per heavy atom. The zero-order chi connectivity index (χ0) is 15.3. The van der Waals surface area contributed by atoms with Gasteiger partial charge in [0.1, 0.15) is 0 Å². The lowest BCUT2D eigenvalue weighted by atomic mass is 9.51. The first kappa shape index (κ1) is 14.5. The molecule has 4 bridgehead atoms. The third kappa shape index (κ3) is 2.55. The van der Waals surface area contributed by atoms with E-state index in [9.17, 15) is 9.59 Å². The Balaban J connectivity index is 1.34. The van der Waals surface area contributed by atoms with Crippen LogP contribution in [0.2, 0.25) is 0 Å². The lowest BCUT2D eigenvalue weighted by molar-refractivity contribution is -0.143. The molecule has 5 fully saturated rings. The fraction of sp³-hybridized carbons (Fsp3) is 0.889. The normalized spacial score (nSPS) is 46.5. The number of carbonyl (C=O) groups is 2. The van der Waals surface area contributed by atoms with Crippen LogP contribution < -0.4 is 5.32 Å². The van der Waals surface area contributed by atoms with Crippen molar-refractivity contribution in [1.82, 2.24) is 5.32 Å². The van der Waals surface area contributed by atoms with E-state index in [-0.39, 0.29) is 23.8 Å². The maximum Gasteiger partial charge on any atom is 0.306 e. The molecule has 0 atom stereocenters. The molecule has 0 radical (unpaired) electrons. The minimum Gasteiger partial charge on any atom is -0.481 e. The van der Waals surface area contributed by atoms with Gasteiger partial charge in [0.25, 0.3) is 0 Å². The van der Waals surface area contributed by atoms with Gasteiger partial charge in [-0.2, -0.15) is 0 Å². The molecule has 5 rings (SSSR count). The van der Waals surface area contributed by atoms with E-state index < -0.39 is 5.97 Å². The number of rotatable bonds is 3. The monoisotopic (exact) mass is 305 g/mol. The summed E-state index contributed by atoms with van der Waals surface area (Å²) >= 11 is 0. The molecule has 0 heterocycles. The summed E-state index contributed by atoms with van der Waals surface area (Å²) in [4.78, 5) is 23.8. The van der Waals surface area contributed by atoms with Crippen LogP contribution in [0.4, 0.5) is 0 Å². The lowest BCUT2D eigenvalue weighted by Crippen LogP contribution is -2.52. The highest BCUT2D eigenvalue weighted by Crippen LogP contribution is 2.56. The van der Waals surface area contributed by atoms with Gasteiger partial charge in [0.15, 0.2) is 0 Å². The minimum absolute atomic E-state index is 0.200. The van der Waals surface area contributed by atoms with Gasteiger partial charge in [-0.3, -0.25) is 9.59 Å². The lowest BCUT2D eigenvalue weighted by Gasteiger charge is -2.53. The van der Waals surface area contributed by atoms with Crippen molar-refractivity contribution < 1.29 is 14.7 Å². The number of hydrogen-bond donors (Lipinski definition) is 2. The van der Waals surface area contributed by atoms with Crippen LogP contribution in [0.1, 0.15) is 57.8 Å². The van der Waals surface area contributed by atoms with Crippen molar-refractivity contribution in [2.45, 2.75) is 63.8 Å². The Hall–Kier alpha value is -1.06. The van der Waals surface area contributed by atoms with Crippen LogP contribution in [-0.4, -0.2) is 23.0 Å². The number of hydrogen-bond acceptors (Lipinski definition) is 2. The van der Waals surface area contributed by atoms with Gasteiger partial charge in [0, 0.05) is 12.0 Å². The summed E-state index contributed by atoms with van der Waals surface area (Å²) in [5.74, 6) is 2.73. The smallest absolute Gasteiger partial charge is 0.306 e. The highest BCUT2D eigenvalue weighted by atomic mass is 16.4. The Labute approximate surface area is 132 Å². The third-order valence-electron chi connectivity index (χ3n) is 6.95. The van der Waals surface area contributed by atoms with E-state index in [4.69, 9.17) is 5.11 Å². The summed E-state index contributed by atoms with van der Waals surface area (Å²) in [5, 5.41) is 12.3. The summed E-state index contributed by atoms with van der Waals surface area (Å²) in [6.45, 7) is 0. The molecule has 4 heteroatoms. The van der Waals surface area contributed by atoms with Crippen LogP contribution in [0.25, 0.3) is 0 Å². The quantitative estimate of drug-likeness (QED) is 0.842. The molecule has 0 saturated heterocycles. The first-order chi connectivity index (χ1) is 10.6. The molecule has 0 unspecified atom stereocenters. The van der Waals surface area contributed by atoms with Gasteiger partial charge in [0.05, 0.1) is 5.92 Å². The van der Waals surface area contributed by atoms with Gasteiger partial charge < -0.3 is 10.4 Å². The summed E-state index contributed by atoms with van der Waals surface area (Å²) in [6, 6.07) is 0.209. The predicted octanol–water partition coefficient (Wildman–Crippen LogP) is 2.82. The summed E-state index contributed by atoms with van der Waals surface area (Å²) < 4.78 is 0. The second kappa shape index (κ2) is 5.54. The second-order valence-corrected chi connectivity index (χ2v) is 8.35. The highest BCUT2D eigenvalue weighted by molar-refractivity contribution is 5.80. The van der Waals surface area contributed by atoms with E-state index >= 15 is 0 Å². The van der Waals surface area contributed by atoms with Crippen LogP contribution in [0.15, 0.2) is 0 Å². The van der Waals surface area contributed by atoms with E-state index in [1.165, 1.54) is 32.1 Å². The first-order valence-electron chi connectivity index (χ1n) is 9.13. The molecule has 122 valence electrons. The number of amides is 1. The second-order valence-electron chi connectivity index (χ2n) is 8.35. The molecule has 0 spiro atoms. The molecule has 0 aromatic heterocycles. The molecule has 4 nitrogen and oxygen atoms in total. The zero-order valence-corrected chi connectivity index (χ0v) is 13.2. The largest absolute Gasteiger partial charge is 0.481 e. The fourth-order valence-corrected chi connectivity index (χ4v) is 6.14. The van der Waals surface area contributed by atoms with Gasteiger partial charge in [-0.05, 0) is 81.5 Å². The standard InChI is InChI=1S/C18H27NO3/c20-17(19-15-3-1-12(2-4-15)18(21)22)16-13-6-10-5-11(8-13)9-14(16)7-10/h10-16H,1-9H2,(H,19,20)(H,21,22). The molecule has 5 aliphatic rings. The van der Waals surface area contributed by atoms with Crippen molar-refractivity contribution in [2.75, 3.05) is 0 Å². The average Bonchev–Trinajstić information content (AvgIpc) is 2.46. The topological polar surface area (TPSA) is 66.4 Å². The Morgan fingerprint density at radius 1 is 0.818 bits per heavy atom. The first-order valence-corrected chi connectivity index (χ1v) is 9.13. The molecule has 1 amide bonds. The Kier molecular flexibility index (Phi) is 3.66. The van der Waals surface area contributed by atoms with Crippen LogP contribution in [-0.2, 0) is 9.59 Å². The van der Waals surface area contributed by atoms with E-state index in [1.54, 1.807) is 0 Å². The fourth-order valence-electron chi connectivity index (χ4n) is 6.14. The van der Waals surface area contributed by atoms with Crippen molar-refractivity contribution in [3.63, 3.8) is 0 Å². The third-order valence-corrected chi connectivity index (χ3v) is 6.95. The average molecular weight is 305 g/mol. The molecule has 5 aliphatic carbocycles. The maximum absolute atomic E-state index is 12.8. The van der Waals surface area contributed by atoms with Crippen molar-refractivity contribution in [1.29, 1.82) is 0 Å². The van der Waals surface area contributed by atoms with Gasteiger partial charge >= 0.3 is 5.97 Å². The van der Waals surface area contributed by atoms with Gasteiger partial charge in [-0.25, -0.2) is 0 Å². The van der Waals surface area contributed by atoms with Crippen molar-refractivity contribution in [3.05, 3.63) is 0 Å². The van der Waals surface area contributed by atoms with Gasteiger partial charge in [0.2, 0.25) is 5.91 Å². The molecule has 0 aliphatic heterocycles. The van der Waals surface area contributed by atoms with E-state index in [0.717, 1.165) is 24.7 Å². The Morgan fingerprint density at radius 3 is 1.86 bits per heavy atom. The molecule has 22 heavy (non-hydrogen) atoms. The van der Waals surface area contributed by atoms with Crippen LogP contribution in [0.5, 0.6) is 0 Å². The number of aliphatic carboxylic acids is 1. The number of carbonyl (C=O) groups excluding carboxylic acids is 1. The Bertz CT molecular complexity index is 439. The predicted molar refractivity (Wildman–Crippen MR) is 82.1 cm³/mol. The molecule has 0 aromatic carbocycles. The van der Waals surface area contributed by atoms with Crippen molar-refractivity contribution >= 4 is 11.9 Å². The van der Waals surface area contributed by atoms with E-state index in [2.05, 4.69) is 5.32 Å². The number of carboxylic acid groups (broad SMARTS) is 1. The van der Waals surface area contributed by atoms with Gasteiger partial charge in [-0.15, -0.1) is 0 Å². The van der Waals surface area contributed by atoms with E-state index in [1.807, 2.05) is 0 Å². The van der Waals surface area contributed by atoms with Crippen LogP contribution in [0.3, 0.4) is 0 Å². The molecule has 5 saturated carbocycles. The molecular weight excluding hydrogens is 278 g/mol. The SMILES string of the molecule is O=C(O)C1CCC(NC(=O)C2C3CC4CC(C3)CC2C4)CC1. The maximum atomic E-state index is 12.8. The van der Waals surface area contributed by atoms with E-state index in [0.29, 0.717) is 24.7 Å². The highest BCUT2D eigenvalue weighted by Gasteiger charge is 2.50.